The fourth-order valence-electron chi connectivity index (χ4n) is 4.80. The van der Waals surface area contributed by atoms with Crippen molar-refractivity contribution in [2.24, 2.45) is 0 Å². The van der Waals surface area contributed by atoms with Crippen LogP contribution in [0.3, 0.4) is 0 Å². The first kappa shape index (κ1) is 29.3. The number of aromatic nitrogens is 3. The van der Waals surface area contributed by atoms with Crippen molar-refractivity contribution < 1.29 is 31.1 Å². The Morgan fingerprint density at radius 1 is 0.952 bits per heavy atom. The molecular weight excluding hydrogens is 560 g/mol. The van der Waals surface area contributed by atoms with Gasteiger partial charge < -0.3 is 0 Å². The molecular formula is C30H25F6N5O. The maximum Gasteiger partial charge on any atom is 0.460 e. The Labute approximate surface area is 237 Å². The summed E-state index contributed by atoms with van der Waals surface area (Å²) in [5.74, 6) is 5.66. The van der Waals surface area contributed by atoms with Crippen molar-refractivity contribution in [2.45, 2.75) is 32.4 Å². The van der Waals surface area contributed by atoms with Crippen LogP contribution in [-0.2, 0) is 19.1 Å². The number of benzene rings is 2. The number of carbonyl (C=O) groups is 1. The minimum Gasteiger partial charge on any atom is -0.297 e. The molecule has 6 nitrogen and oxygen atoms in total. The number of nitrogens with zero attached hydrogens (tertiary/aromatic N) is 5. The van der Waals surface area contributed by atoms with Gasteiger partial charge in [0.15, 0.2) is 11.4 Å². The first-order chi connectivity index (χ1) is 19.9. The molecule has 1 aliphatic rings. The van der Waals surface area contributed by atoms with Crippen molar-refractivity contribution in [3.63, 3.8) is 0 Å². The first-order valence-corrected chi connectivity index (χ1v) is 13.1. The molecule has 0 amide bonds. The van der Waals surface area contributed by atoms with Gasteiger partial charge in [-0.15, -0.1) is 0 Å². The van der Waals surface area contributed by atoms with E-state index >= 15 is 0 Å². The highest BCUT2D eigenvalue weighted by Crippen LogP contribution is 2.34. The lowest BCUT2D eigenvalue weighted by molar-refractivity contribution is -0.252. The maximum atomic E-state index is 14.0. The van der Waals surface area contributed by atoms with Crippen LogP contribution in [0.1, 0.15) is 43.9 Å². The minimum atomic E-state index is -4.69. The monoisotopic (exact) mass is 585 g/mol. The van der Waals surface area contributed by atoms with E-state index in [4.69, 9.17) is 0 Å². The van der Waals surface area contributed by atoms with Gasteiger partial charge in [0.1, 0.15) is 5.69 Å². The van der Waals surface area contributed by atoms with E-state index in [2.05, 4.69) is 21.9 Å². The van der Waals surface area contributed by atoms with Crippen molar-refractivity contribution in [3.05, 3.63) is 100.0 Å². The maximum absolute atomic E-state index is 14.0. The lowest BCUT2D eigenvalue weighted by atomic mass is 9.96. The predicted molar refractivity (Wildman–Crippen MR) is 143 cm³/mol. The van der Waals surface area contributed by atoms with E-state index in [1.807, 2.05) is 6.92 Å². The van der Waals surface area contributed by atoms with Crippen LogP contribution in [-0.4, -0.2) is 62.7 Å². The fourth-order valence-corrected chi connectivity index (χ4v) is 4.80. The minimum absolute atomic E-state index is 0.0105. The SMILES string of the molecule is Cc1ccc(C(=O)Cc2ccc(CN3CCN(C(F)(F)F)CC3)c(C(F)(F)F)c2)cc1C#Cc1cnc2cccnn12. The molecule has 12 heteroatoms. The summed E-state index contributed by atoms with van der Waals surface area (Å²) in [6.07, 6.45) is -6.22. The van der Waals surface area contributed by atoms with Crippen LogP contribution in [0.5, 0.6) is 0 Å². The lowest BCUT2D eigenvalue weighted by Gasteiger charge is -2.35. The fraction of sp³-hybridized carbons (Fsp3) is 0.300. The number of hydrogen-bond acceptors (Lipinski definition) is 5. The molecule has 2 aromatic carbocycles. The molecule has 4 aromatic rings. The number of alkyl halides is 6. The second-order valence-corrected chi connectivity index (χ2v) is 10.0. The van der Waals surface area contributed by atoms with Crippen molar-refractivity contribution >= 4 is 11.4 Å². The summed E-state index contributed by atoms with van der Waals surface area (Å²) in [6, 6.07) is 12.2. The molecule has 1 fully saturated rings. The number of rotatable bonds is 5. The quantitative estimate of drug-likeness (QED) is 0.134. The first-order valence-electron chi connectivity index (χ1n) is 13.1. The molecule has 0 aliphatic carbocycles. The normalized spacial score (nSPS) is 15.0. The van der Waals surface area contributed by atoms with Gasteiger partial charge in [0, 0.05) is 56.5 Å². The third kappa shape index (κ3) is 6.64. The topological polar surface area (TPSA) is 53.7 Å². The van der Waals surface area contributed by atoms with Crippen LogP contribution in [0.15, 0.2) is 60.9 Å². The van der Waals surface area contributed by atoms with E-state index in [-0.39, 0.29) is 56.1 Å². The van der Waals surface area contributed by atoms with Gasteiger partial charge in [0.05, 0.1) is 11.8 Å². The number of halogens is 6. The number of aryl methyl sites for hydroxylation is 1. The van der Waals surface area contributed by atoms with E-state index in [1.54, 1.807) is 52.1 Å². The molecule has 0 unspecified atom stereocenters. The molecule has 1 saturated heterocycles. The summed E-state index contributed by atoms with van der Waals surface area (Å²) in [7, 11) is 0. The molecule has 0 bridgehead atoms. The molecule has 0 radical (unpaired) electrons. The highest BCUT2D eigenvalue weighted by molar-refractivity contribution is 5.98. The third-order valence-electron chi connectivity index (χ3n) is 7.13. The molecule has 0 N–H and O–H groups in total. The standard InChI is InChI=1S/C30H25F6N5O/c1-20-4-6-23(17-22(20)8-9-25-18-37-28-3-2-10-38-41(25)28)27(42)16-21-5-7-24(26(15-21)29(31,32)33)19-39-11-13-40(14-12-39)30(34,35)36/h2-7,10,15,17-18H,11-14,16,19H2,1H3. The highest BCUT2D eigenvalue weighted by atomic mass is 19.4. The molecule has 218 valence electrons. The molecule has 42 heavy (non-hydrogen) atoms. The Morgan fingerprint density at radius 3 is 2.43 bits per heavy atom. The van der Waals surface area contributed by atoms with E-state index < -0.39 is 18.0 Å². The van der Waals surface area contributed by atoms with Crippen LogP contribution in [0, 0.1) is 18.8 Å². The Hall–Kier alpha value is -4.21. The highest BCUT2D eigenvalue weighted by Gasteiger charge is 2.39. The van der Waals surface area contributed by atoms with Crippen molar-refractivity contribution in [1.29, 1.82) is 0 Å². The molecule has 0 atom stereocenters. The van der Waals surface area contributed by atoms with Crippen LogP contribution < -0.4 is 0 Å². The van der Waals surface area contributed by atoms with Crippen molar-refractivity contribution in [3.8, 4) is 11.8 Å². The van der Waals surface area contributed by atoms with Gasteiger partial charge in [-0.1, -0.05) is 30.2 Å². The van der Waals surface area contributed by atoms with Crippen LogP contribution in [0.4, 0.5) is 26.3 Å². The summed E-state index contributed by atoms with van der Waals surface area (Å²) in [5, 5.41) is 4.22. The van der Waals surface area contributed by atoms with Gasteiger partial charge in [-0.2, -0.15) is 31.4 Å². The van der Waals surface area contributed by atoms with Crippen LogP contribution in [0.25, 0.3) is 5.65 Å². The molecule has 0 spiro atoms. The van der Waals surface area contributed by atoms with Crippen molar-refractivity contribution in [2.75, 3.05) is 26.2 Å². The number of hydrogen-bond donors (Lipinski definition) is 0. The van der Waals surface area contributed by atoms with E-state index in [1.165, 1.54) is 12.1 Å². The second kappa shape index (κ2) is 11.6. The van der Waals surface area contributed by atoms with E-state index in [9.17, 15) is 31.1 Å². The third-order valence-corrected chi connectivity index (χ3v) is 7.13. The Morgan fingerprint density at radius 2 is 1.71 bits per heavy atom. The van der Waals surface area contributed by atoms with E-state index in [0.29, 0.717) is 27.4 Å². The van der Waals surface area contributed by atoms with Gasteiger partial charge in [-0.25, -0.2) is 14.4 Å². The predicted octanol–water partition coefficient (Wildman–Crippen LogP) is 5.52. The zero-order valence-corrected chi connectivity index (χ0v) is 22.4. The van der Waals surface area contributed by atoms with Gasteiger partial charge >= 0.3 is 12.5 Å². The van der Waals surface area contributed by atoms with Gasteiger partial charge in [-0.3, -0.25) is 9.69 Å². The summed E-state index contributed by atoms with van der Waals surface area (Å²) >= 11 is 0. The second-order valence-electron chi connectivity index (χ2n) is 10.0. The lowest BCUT2D eigenvalue weighted by Crippen LogP contribution is -2.51. The molecule has 1 aliphatic heterocycles. The summed E-state index contributed by atoms with van der Waals surface area (Å²) < 4.78 is 82.2. The Kier molecular flexibility index (Phi) is 8.08. The van der Waals surface area contributed by atoms with Crippen molar-refractivity contribution in [1.82, 2.24) is 24.4 Å². The Balaban J connectivity index is 1.32. The molecule has 3 heterocycles. The average Bonchev–Trinajstić information content (AvgIpc) is 3.35. The number of ketones is 1. The molecule has 2 aromatic heterocycles. The largest absolute Gasteiger partial charge is 0.460 e. The zero-order chi connectivity index (χ0) is 30.1. The summed E-state index contributed by atoms with van der Waals surface area (Å²) in [4.78, 5) is 19.3. The smallest absolute Gasteiger partial charge is 0.297 e. The van der Waals surface area contributed by atoms with Crippen LogP contribution in [0.2, 0.25) is 0 Å². The Bertz CT molecular complexity index is 1670. The van der Waals surface area contributed by atoms with Gasteiger partial charge in [0.2, 0.25) is 0 Å². The number of imidazole rings is 1. The summed E-state index contributed by atoms with van der Waals surface area (Å²) in [6.45, 7) is 1.05. The number of Topliss-reactive ketones (excluding diaryl/α,β-unsaturated/α-hetero) is 1. The molecule has 0 saturated carbocycles. The number of carbonyl (C=O) groups excluding carboxylic acids is 1. The average molecular weight is 586 g/mol. The number of piperazine rings is 1. The van der Waals surface area contributed by atoms with Gasteiger partial charge in [0.25, 0.3) is 0 Å². The van der Waals surface area contributed by atoms with Crippen LogP contribution >= 0.6 is 0 Å². The van der Waals surface area contributed by atoms with E-state index in [0.717, 1.165) is 11.6 Å². The number of fused-ring (bicyclic) bond motifs is 1. The summed E-state index contributed by atoms with van der Waals surface area (Å²) in [5.41, 5.74) is 2.14. The molecule has 5 rings (SSSR count). The zero-order valence-electron chi connectivity index (χ0n) is 22.4. The van der Waals surface area contributed by atoms with Gasteiger partial charge in [-0.05, 0) is 53.8 Å².